The molecule has 1 saturated carbocycles. The normalized spacial score (nSPS) is 22.1. The van der Waals surface area contributed by atoms with E-state index in [4.69, 9.17) is 0 Å². The second kappa shape index (κ2) is 8.20. The first kappa shape index (κ1) is 20.2. The van der Waals surface area contributed by atoms with Gasteiger partial charge in [0.2, 0.25) is 15.9 Å². The number of benzene rings is 1. The van der Waals surface area contributed by atoms with Gasteiger partial charge in [-0.25, -0.2) is 8.42 Å². The van der Waals surface area contributed by atoms with E-state index < -0.39 is 16.1 Å². The van der Waals surface area contributed by atoms with Gasteiger partial charge in [-0.2, -0.15) is 13.5 Å². The van der Waals surface area contributed by atoms with Crippen LogP contribution in [0.2, 0.25) is 0 Å². The van der Waals surface area contributed by atoms with Crippen LogP contribution in [0.15, 0.2) is 23.1 Å². The molecule has 1 atom stereocenters. The van der Waals surface area contributed by atoms with E-state index in [2.05, 4.69) is 25.7 Å². The van der Waals surface area contributed by atoms with Crippen LogP contribution in [0.25, 0.3) is 11.0 Å². The molecule has 2 aromatic rings. The van der Waals surface area contributed by atoms with Crippen LogP contribution >= 0.6 is 11.7 Å². The average Bonchev–Trinajstić information content (AvgIpc) is 3.10. The number of amides is 1. The highest BCUT2D eigenvalue weighted by atomic mass is 32.2. The Kier molecular flexibility index (Phi) is 6.12. The summed E-state index contributed by atoms with van der Waals surface area (Å²) in [5.74, 6) is 0.233. The summed E-state index contributed by atoms with van der Waals surface area (Å²) < 4.78 is 36.7. The highest BCUT2D eigenvalue weighted by molar-refractivity contribution is 7.89. The topological polar surface area (TPSA) is 101 Å². The second-order valence-corrected chi connectivity index (χ2v) is 9.91. The molecule has 0 bridgehead atoms. The quantitative estimate of drug-likeness (QED) is 0.762. The number of carbonyl (C=O) groups excluding carboxylic acids is 1. The van der Waals surface area contributed by atoms with Gasteiger partial charge in [-0.1, -0.05) is 26.8 Å². The van der Waals surface area contributed by atoms with E-state index >= 15 is 0 Å². The molecule has 27 heavy (non-hydrogen) atoms. The van der Waals surface area contributed by atoms with Crippen molar-refractivity contribution in [1.29, 1.82) is 0 Å². The first-order valence-electron chi connectivity index (χ1n) is 9.32. The van der Waals surface area contributed by atoms with Gasteiger partial charge in [-0.3, -0.25) is 4.79 Å². The Bertz CT molecular complexity index is 902. The maximum Gasteiger partial charge on any atom is 0.243 e. The fourth-order valence-corrected chi connectivity index (χ4v) is 5.53. The van der Waals surface area contributed by atoms with Crippen LogP contribution in [-0.2, 0) is 14.8 Å². The Labute approximate surface area is 164 Å². The summed E-state index contributed by atoms with van der Waals surface area (Å²) in [6.07, 6.45) is 4.05. The average molecular weight is 411 g/mol. The lowest BCUT2D eigenvalue weighted by atomic mass is 9.87. The zero-order chi connectivity index (χ0) is 19.6. The Hall–Kier alpha value is -1.58. The van der Waals surface area contributed by atoms with Crippen LogP contribution in [-0.4, -0.2) is 35.2 Å². The van der Waals surface area contributed by atoms with Crippen LogP contribution in [0.5, 0.6) is 0 Å². The summed E-state index contributed by atoms with van der Waals surface area (Å²) in [5, 5.41) is 3.04. The summed E-state index contributed by atoms with van der Waals surface area (Å²) in [5.41, 5.74) is 0.865. The molecule has 1 aromatic carbocycles. The second-order valence-electron chi connectivity index (χ2n) is 7.70. The van der Waals surface area contributed by atoms with Gasteiger partial charge in [-0.05, 0) is 49.7 Å². The predicted octanol–water partition coefficient (Wildman–Crippen LogP) is 2.69. The highest BCUT2D eigenvalue weighted by Crippen LogP contribution is 2.24. The molecule has 0 aliphatic heterocycles. The summed E-state index contributed by atoms with van der Waals surface area (Å²) in [7, 11) is -3.90. The Morgan fingerprint density at radius 3 is 2.56 bits per heavy atom. The fraction of sp³-hybridized carbons (Fsp3) is 0.611. The summed E-state index contributed by atoms with van der Waals surface area (Å²) in [6.45, 7) is 5.89. The molecule has 148 valence electrons. The molecule has 0 spiro atoms. The third kappa shape index (κ3) is 4.64. The molecule has 7 nitrogen and oxygen atoms in total. The number of sulfonamides is 1. The van der Waals surface area contributed by atoms with E-state index in [1.165, 1.54) is 6.07 Å². The van der Waals surface area contributed by atoms with Gasteiger partial charge in [-0.15, -0.1) is 0 Å². The largest absolute Gasteiger partial charge is 0.352 e. The minimum absolute atomic E-state index is 0.0543. The van der Waals surface area contributed by atoms with Gasteiger partial charge in [0.15, 0.2) is 0 Å². The molecule has 0 unspecified atom stereocenters. The Morgan fingerprint density at radius 1 is 1.19 bits per heavy atom. The van der Waals surface area contributed by atoms with Crippen LogP contribution < -0.4 is 10.0 Å². The van der Waals surface area contributed by atoms with Gasteiger partial charge in [0.1, 0.15) is 22.0 Å². The highest BCUT2D eigenvalue weighted by Gasteiger charge is 2.31. The SMILES string of the molecule is CC1CCC(NC(=O)[C@@H](NS(=O)(=O)c2cccc3nsnc23)C(C)C)CC1. The molecule has 0 radical (unpaired) electrons. The molecule has 2 N–H and O–H groups in total. The van der Waals surface area contributed by atoms with Crippen molar-refractivity contribution in [2.45, 2.75) is 63.4 Å². The van der Waals surface area contributed by atoms with Crippen LogP contribution in [0.3, 0.4) is 0 Å². The molecule has 1 heterocycles. The molecule has 3 rings (SSSR count). The first-order valence-corrected chi connectivity index (χ1v) is 11.5. The molecule has 1 aromatic heterocycles. The van der Waals surface area contributed by atoms with E-state index in [0.717, 1.165) is 37.4 Å². The van der Waals surface area contributed by atoms with E-state index in [1.807, 2.05) is 13.8 Å². The van der Waals surface area contributed by atoms with Gasteiger partial charge in [0.25, 0.3) is 0 Å². The van der Waals surface area contributed by atoms with Crippen molar-refractivity contribution < 1.29 is 13.2 Å². The fourth-order valence-electron chi connectivity index (χ4n) is 3.42. The minimum Gasteiger partial charge on any atom is -0.352 e. The van der Waals surface area contributed by atoms with Gasteiger partial charge in [0.05, 0.1) is 11.7 Å². The van der Waals surface area contributed by atoms with Gasteiger partial charge < -0.3 is 5.32 Å². The number of aromatic nitrogens is 2. The standard InChI is InChI=1S/C18H26N4O3S2/c1-11(2)16(18(23)19-13-9-7-12(3)8-10-13)22-27(24,25)15-6-4-5-14-17(15)21-26-20-14/h4-6,11-13,16,22H,7-10H2,1-3H3,(H,19,23)/t12?,13?,16-/m0/s1. The minimum atomic E-state index is -3.90. The number of hydrogen-bond acceptors (Lipinski definition) is 6. The van der Waals surface area contributed by atoms with Crippen molar-refractivity contribution in [3.05, 3.63) is 18.2 Å². The third-order valence-corrected chi connectivity index (χ3v) is 7.15. The van der Waals surface area contributed by atoms with Crippen molar-refractivity contribution in [2.75, 3.05) is 0 Å². The predicted molar refractivity (Wildman–Crippen MR) is 106 cm³/mol. The lowest BCUT2D eigenvalue weighted by Gasteiger charge is -2.29. The number of fused-ring (bicyclic) bond motifs is 1. The third-order valence-electron chi connectivity index (χ3n) is 5.13. The summed E-state index contributed by atoms with van der Waals surface area (Å²) in [4.78, 5) is 12.8. The van der Waals surface area contributed by atoms with Crippen LogP contribution in [0.4, 0.5) is 0 Å². The number of carbonyl (C=O) groups is 1. The van der Waals surface area contributed by atoms with E-state index in [1.54, 1.807) is 12.1 Å². The number of nitrogens with one attached hydrogen (secondary N) is 2. The van der Waals surface area contributed by atoms with Crippen LogP contribution in [0.1, 0.15) is 46.5 Å². The number of rotatable bonds is 6. The molecular weight excluding hydrogens is 384 g/mol. The monoisotopic (exact) mass is 410 g/mol. The van der Waals surface area contributed by atoms with Crippen LogP contribution in [0, 0.1) is 11.8 Å². The Balaban J connectivity index is 1.77. The molecule has 0 saturated heterocycles. The Morgan fingerprint density at radius 2 is 1.89 bits per heavy atom. The number of nitrogens with zero attached hydrogens (tertiary/aromatic N) is 2. The molecular formula is C18H26N4O3S2. The van der Waals surface area contributed by atoms with E-state index in [0.29, 0.717) is 17.0 Å². The zero-order valence-electron chi connectivity index (χ0n) is 15.8. The van der Waals surface area contributed by atoms with E-state index in [9.17, 15) is 13.2 Å². The van der Waals surface area contributed by atoms with Crippen molar-refractivity contribution in [1.82, 2.24) is 18.8 Å². The molecule has 1 fully saturated rings. The summed E-state index contributed by atoms with van der Waals surface area (Å²) >= 11 is 0.967. The zero-order valence-corrected chi connectivity index (χ0v) is 17.4. The maximum absolute atomic E-state index is 12.9. The lowest BCUT2D eigenvalue weighted by Crippen LogP contribution is -2.52. The molecule has 1 aliphatic carbocycles. The molecule has 1 amide bonds. The lowest BCUT2D eigenvalue weighted by molar-refractivity contribution is -0.124. The maximum atomic E-state index is 12.9. The van der Waals surface area contributed by atoms with E-state index in [-0.39, 0.29) is 22.8 Å². The van der Waals surface area contributed by atoms with Crippen molar-refractivity contribution in [3.8, 4) is 0 Å². The van der Waals surface area contributed by atoms with Gasteiger partial charge >= 0.3 is 0 Å². The smallest absolute Gasteiger partial charge is 0.243 e. The first-order chi connectivity index (χ1) is 12.8. The van der Waals surface area contributed by atoms with Crippen molar-refractivity contribution in [3.63, 3.8) is 0 Å². The molecule has 1 aliphatic rings. The molecule has 9 heteroatoms. The van der Waals surface area contributed by atoms with Gasteiger partial charge in [0, 0.05) is 6.04 Å². The summed E-state index contributed by atoms with van der Waals surface area (Å²) in [6, 6.07) is 4.12. The number of hydrogen-bond donors (Lipinski definition) is 2. The van der Waals surface area contributed by atoms with Crippen molar-refractivity contribution >= 4 is 38.7 Å². The van der Waals surface area contributed by atoms with Crippen molar-refractivity contribution in [2.24, 2.45) is 11.8 Å².